The van der Waals surface area contributed by atoms with E-state index in [1.54, 1.807) is 30.4 Å². The van der Waals surface area contributed by atoms with Crippen molar-refractivity contribution >= 4 is 47.2 Å². The molecule has 0 bridgehead atoms. The van der Waals surface area contributed by atoms with Crippen molar-refractivity contribution in [3.05, 3.63) is 46.5 Å². The molecule has 0 radical (unpaired) electrons. The third-order valence-electron chi connectivity index (χ3n) is 3.48. The Morgan fingerprint density at radius 3 is 2.69 bits per heavy atom. The number of guanidine groups is 1. The van der Waals surface area contributed by atoms with Crippen LogP contribution in [-0.4, -0.2) is 43.2 Å². The van der Waals surface area contributed by atoms with Gasteiger partial charge < -0.3 is 25.5 Å². The topological polar surface area (TPSA) is 98.9 Å². The van der Waals surface area contributed by atoms with Gasteiger partial charge in [0.2, 0.25) is 0 Å². The highest BCUT2D eigenvalue weighted by molar-refractivity contribution is 14.0. The average Bonchev–Trinajstić information content (AvgIpc) is 3.29. The van der Waals surface area contributed by atoms with Crippen LogP contribution in [0.4, 0.5) is 0 Å². The zero-order valence-electron chi connectivity index (χ0n) is 14.8. The number of rotatable bonds is 8. The fourth-order valence-corrected chi connectivity index (χ4v) is 2.87. The van der Waals surface area contributed by atoms with Crippen LogP contribution >= 0.6 is 35.3 Å². The van der Waals surface area contributed by atoms with E-state index in [-0.39, 0.29) is 42.2 Å². The highest BCUT2D eigenvalue weighted by Gasteiger charge is 2.23. The van der Waals surface area contributed by atoms with E-state index in [9.17, 15) is 9.90 Å². The van der Waals surface area contributed by atoms with Gasteiger partial charge in [0.25, 0.3) is 5.91 Å². The summed E-state index contributed by atoms with van der Waals surface area (Å²) in [4.78, 5) is 16.2. The minimum absolute atomic E-state index is 0. The molecule has 1 atom stereocenters. The molecule has 0 saturated heterocycles. The first-order valence-corrected chi connectivity index (χ1v) is 9.06. The Morgan fingerprint density at radius 2 is 2.08 bits per heavy atom. The Kier molecular flexibility index (Phi) is 9.66. The van der Waals surface area contributed by atoms with Gasteiger partial charge in [0.05, 0.1) is 12.8 Å². The Morgan fingerprint density at radius 1 is 1.31 bits per heavy atom. The predicted octanol–water partition coefficient (Wildman–Crippen LogP) is 2.15. The van der Waals surface area contributed by atoms with Gasteiger partial charge in [0.15, 0.2) is 11.7 Å². The standard InChI is InChI=1S/C17H24N4O3S.HI/c1-3-18-16(21-12-17(2,23)13-6-10-25-11-13)20-8-7-19-15(22)14-5-4-9-24-14;/h4-6,9-11,23H,3,7-8,12H2,1-2H3,(H,19,22)(H2,18,20,21);1H. The fraction of sp³-hybridized carbons (Fsp3) is 0.412. The number of aliphatic imine (C=N–C) groups is 1. The summed E-state index contributed by atoms with van der Waals surface area (Å²) in [6.07, 6.45) is 1.46. The zero-order chi connectivity index (χ0) is 18.1. The van der Waals surface area contributed by atoms with E-state index >= 15 is 0 Å². The monoisotopic (exact) mass is 492 g/mol. The molecule has 0 fully saturated rings. The maximum Gasteiger partial charge on any atom is 0.287 e. The number of hydrogen-bond donors (Lipinski definition) is 4. The maximum absolute atomic E-state index is 11.8. The van der Waals surface area contributed by atoms with Crippen molar-refractivity contribution < 1.29 is 14.3 Å². The molecule has 2 aromatic heterocycles. The molecular formula is C17H25IN4O3S. The van der Waals surface area contributed by atoms with E-state index in [0.29, 0.717) is 25.6 Å². The van der Waals surface area contributed by atoms with Gasteiger partial charge in [-0.1, -0.05) is 0 Å². The highest BCUT2D eigenvalue weighted by atomic mass is 127. The number of carbonyl (C=O) groups excluding carboxylic acids is 1. The largest absolute Gasteiger partial charge is 0.459 e. The van der Waals surface area contributed by atoms with Gasteiger partial charge in [-0.3, -0.25) is 4.79 Å². The second-order valence-corrected chi connectivity index (χ2v) is 6.42. The van der Waals surface area contributed by atoms with Crippen LogP contribution in [0.1, 0.15) is 30.0 Å². The third kappa shape index (κ3) is 6.96. The van der Waals surface area contributed by atoms with Crippen molar-refractivity contribution in [1.29, 1.82) is 0 Å². The smallest absolute Gasteiger partial charge is 0.287 e. The second kappa shape index (κ2) is 11.2. The number of amides is 1. The first-order valence-electron chi connectivity index (χ1n) is 8.12. The highest BCUT2D eigenvalue weighted by Crippen LogP contribution is 2.23. The van der Waals surface area contributed by atoms with Crippen LogP contribution in [0.2, 0.25) is 0 Å². The lowest BCUT2D eigenvalue weighted by Gasteiger charge is -2.21. The Labute approximate surface area is 174 Å². The molecule has 2 rings (SSSR count). The molecule has 144 valence electrons. The molecule has 0 aliphatic carbocycles. The first-order chi connectivity index (χ1) is 12.0. The number of nitrogens with one attached hydrogen (secondary N) is 3. The van der Waals surface area contributed by atoms with Gasteiger partial charge >= 0.3 is 0 Å². The van der Waals surface area contributed by atoms with Crippen molar-refractivity contribution in [2.75, 3.05) is 26.2 Å². The number of halogens is 1. The minimum atomic E-state index is -1.02. The summed E-state index contributed by atoms with van der Waals surface area (Å²) < 4.78 is 5.03. The fourth-order valence-electron chi connectivity index (χ4n) is 2.09. The lowest BCUT2D eigenvalue weighted by Crippen LogP contribution is -2.42. The summed E-state index contributed by atoms with van der Waals surface area (Å²) in [7, 11) is 0. The summed E-state index contributed by atoms with van der Waals surface area (Å²) >= 11 is 1.54. The first kappa shape index (κ1) is 22.5. The molecule has 2 heterocycles. The van der Waals surface area contributed by atoms with Crippen LogP contribution in [-0.2, 0) is 5.60 Å². The van der Waals surface area contributed by atoms with Crippen LogP contribution in [0.15, 0.2) is 44.6 Å². The summed E-state index contributed by atoms with van der Waals surface area (Å²) in [6.45, 7) is 5.56. The molecule has 9 heteroatoms. The lowest BCUT2D eigenvalue weighted by molar-refractivity contribution is 0.0677. The van der Waals surface area contributed by atoms with E-state index in [2.05, 4.69) is 20.9 Å². The molecule has 7 nitrogen and oxygen atoms in total. The Balaban J connectivity index is 0.00000338. The molecule has 1 amide bonds. The summed E-state index contributed by atoms with van der Waals surface area (Å²) in [5.74, 6) is 0.617. The third-order valence-corrected chi connectivity index (χ3v) is 4.16. The van der Waals surface area contributed by atoms with Crippen LogP contribution in [0, 0.1) is 0 Å². The second-order valence-electron chi connectivity index (χ2n) is 5.64. The summed E-state index contributed by atoms with van der Waals surface area (Å²) in [5.41, 5.74) is -0.168. The molecule has 1 unspecified atom stereocenters. The maximum atomic E-state index is 11.8. The number of nitrogens with zero attached hydrogens (tertiary/aromatic N) is 1. The number of aliphatic hydroxyl groups is 1. The molecule has 0 aromatic carbocycles. The Bertz CT molecular complexity index is 672. The summed E-state index contributed by atoms with van der Waals surface area (Å²) in [5, 5.41) is 23.4. The van der Waals surface area contributed by atoms with Crippen LogP contribution in [0.5, 0.6) is 0 Å². The lowest BCUT2D eigenvalue weighted by atomic mass is 10.00. The van der Waals surface area contributed by atoms with Gasteiger partial charge in [-0.15, -0.1) is 24.0 Å². The molecule has 26 heavy (non-hydrogen) atoms. The van der Waals surface area contributed by atoms with Gasteiger partial charge in [-0.2, -0.15) is 11.3 Å². The van der Waals surface area contributed by atoms with Crippen molar-refractivity contribution in [3.8, 4) is 0 Å². The quantitative estimate of drug-likeness (QED) is 0.196. The summed E-state index contributed by atoms with van der Waals surface area (Å²) in [6, 6.07) is 5.17. The Hall–Kier alpha value is -1.59. The SMILES string of the molecule is CCNC(=NCC(C)(O)c1ccsc1)NCCNC(=O)c1ccco1.I. The van der Waals surface area contributed by atoms with Crippen molar-refractivity contribution in [2.45, 2.75) is 19.4 Å². The molecule has 0 aliphatic rings. The van der Waals surface area contributed by atoms with Crippen molar-refractivity contribution in [2.24, 2.45) is 4.99 Å². The molecule has 0 aliphatic heterocycles. The predicted molar refractivity (Wildman–Crippen MR) is 114 cm³/mol. The van der Waals surface area contributed by atoms with E-state index in [0.717, 1.165) is 5.56 Å². The van der Waals surface area contributed by atoms with Crippen molar-refractivity contribution in [1.82, 2.24) is 16.0 Å². The number of hydrogen-bond acceptors (Lipinski definition) is 5. The van der Waals surface area contributed by atoms with Crippen LogP contribution in [0.25, 0.3) is 0 Å². The van der Waals surface area contributed by atoms with E-state index in [1.807, 2.05) is 23.8 Å². The van der Waals surface area contributed by atoms with Gasteiger partial charge in [0.1, 0.15) is 5.60 Å². The van der Waals surface area contributed by atoms with Crippen LogP contribution < -0.4 is 16.0 Å². The van der Waals surface area contributed by atoms with Gasteiger partial charge in [-0.25, -0.2) is 4.99 Å². The molecule has 0 saturated carbocycles. The minimum Gasteiger partial charge on any atom is -0.459 e. The van der Waals surface area contributed by atoms with Crippen molar-refractivity contribution in [3.63, 3.8) is 0 Å². The molecular weight excluding hydrogens is 467 g/mol. The van der Waals surface area contributed by atoms with E-state index in [4.69, 9.17) is 4.42 Å². The molecule has 4 N–H and O–H groups in total. The molecule has 2 aromatic rings. The van der Waals surface area contributed by atoms with Gasteiger partial charge in [-0.05, 0) is 48.4 Å². The molecule has 0 spiro atoms. The van der Waals surface area contributed by atoms with Crippen LogP contribution in [0.3, 0.4) is 0 Å². The number of thiophene rings is 1. The zero-order valence-corrected chi connectivity index (χ0v) is 18.0. The number of furan rings is 1. The average molecular weight is 492 g/mol. The normalized spacial score (nSPS) is 13.4. The number of carbonyl (C=O) groups is 1. The van der Waals surface area contributed by atoms with Gasteiger partial charge in [0, 0.05) is 19.6 Å². The van der Waals surface area contributed by atoms with E-state index < -0.39 is 5.60 Å². The van der Waals surface area contributed by atoms with E-state index in [1.165, 1.54) is 6.26 Å².